The van der Waals surface area contributed by atoms with E-state index in [1.807, 2.05) is 0 Å². The number of benzene rings is 2. The second-order valence-corrected chi connectivity index (χ2v) is 4.97. The third-order valence-electron chi connectivity index (χ3n) is 3.24. The molecule has 0 radical (unpaired) electrons. The zero-order valence-corrected chi connectivity index (χ0v) is 12.5. The summed E-state index contributed by atoms with van der Waals surface area (Å²) in [6.07, 6.45) is -1.23. The Balaban J connectivity index is 2.05. The zero-order valence-electron chi connectivity index (χ0n) is 12.5. The summed E-state index contributed by atoms with van der Waals surface area (Å²) in [6, 6.07) is 12.6. The second kappa shape index (κ2) is 7.54. The first-order valence-electron chi connectivity index (χ1n) is 7.04. The average molecular weight is 335 g/mol. The van der Waals surface area contributed by atoms with Crippen LogP contribution in [0.15, 0.2) is 60.7 Å². The van der Waals surface area contributed by atoms with Crippen LogP contribution in [0.1, 0.15) is 11.1 Å². The maximum absolute atomic E-state index is 14.3. The van der Waals surface area contributed by atoms with E-state index in [-0.39, 0.29) is 6.61 Å². The summed E-state index contributed by atoms with van der Waals surface area (Å²) in [5.41, 5.74) is 0.134. The van der Waals surface area contributed by atoms with Crippen LogP contribution < -0.4 is 5.32 Å². The minimum Gasteiger partial charge on any atom is -0.480 e. The molecule has 2 rings (SSSR count). The van der Waals surface area contributed by atoms with E-state index >= 15 is 0 Å². The first-order chi connectivity index (χ1) is 11.4. The van der Waals surface area contributed by atoms with Crippen molar-refractivity contribution in [2.24, 2.45) is 0 Å². The lowest BCUT2D eigenvalue weighted by molar-refractivity contribution is -0.151. The Bertz CT molecular complexity index is 692. The van der Waals surface area contributed by atoms with Gasteiger partial charge in [-0.3, -0.25) is 0 Å². The van der Waals surface area contributed by atoms with E-state index in [4.69, 9.17) is 9.84 Å². The summed E-state index contributed by atoms with van der Waals surface area (Å²) in [5.74, 6) is -5.65. The number of hydrogen-bond donors (Lipinski definition) is 2. The highest BCUT2D eigenvalue weighted by Crippen LogP contribution is 2.31. The van der Waals surface area contributed by atoms with Crippen LogP contribution in [0.5, 0.6) is 0 Å². The highest BCUT2D eigenvalue weighted by molar-refractivity contribution is 5.81. The maximum atomic E-state index is 14.3. The van der Waals surface area contributed by atoms with Crippen LogP contribution in [-0.4, -0.2) is 23.2 Å². The van der Waals surface area contributed by atoms with Crippen LogP contribution in [-0.2, 0) is 22.1 Å². The Morgan fingerprint density at radius 3 is 2.12 bits per heavy atom. The van der Waals surface area contributed by atoms with E-state index in [1.54, 1.807) is 35.6 Å². The molecule has 0 aromatic heterocycles. The van der Waals surface area contributed by atoms with E-state index in [9.17, 15) is 18.4 Å². The van der Waals surface area contributed by atoms with Gasteiger partial charge in [0.15, 0.2) is 6.04 Å². The van der Waals surface area contributed by atoms with E-state index < -0.39 is 29.6 Å². The molecule has 0 saturated heterocycles. The second-order valence-electron chi connectivity index (χ2n) is 4.97. The van der Waals surface area contributed by atoms with Crippen LogP contribution in [0.2, 0.25) is 0 Å². The molecule has 1 amide bonds. The number of hydrogen-bond acceptors (Lipinski definition) is 3. The average Bonchev–Trinajstić information content (AvgIpc) is 2.59. The molecule has 126 valence electrons. The number of alkyl carbamates (subject to hydrolysis) is 1. The standard InChI is InChI=1S/C17H15F2NO4/c18-17(19,13-9-5-2-6-10-13)14(15(21)22)20-16(23)24-11-12-7-3-1-4-8-12/h1-10,14H,11H2,(H,20,23)(H,21,22)/t14-/m0/s1. The molecule has 1 atom stereocenters. The number of rotatable bonds is 6. The van der Waals surface area contributed by atoms with Gasteiger partial charge < -0.3 is 15.2 Å². The van der Waals surface area contributed by atoms with E-state index in [1.165, 1.54) is 18.2 Å². The lowest BCUT2D eigenvalue weighted by Crippen LogP contribution is -2.51. The van der Waals surface area contributed by atoms with Gasteiger partial charge in [-0.2, -0.15) is 8.78 Å². The van der Waals surface area contributed by atoms with Crippen molar-refractivity contribution in [1.29, 1.82) is 0 Å². The molecule has 24 heavy (non-hydrogen) atoms. The third-order valence-corrected chi connectivity index (χ3v) is 3.24. The molecule has 2 N–H and O–H groups in total. The number of aliphatic carboxylic acids is 1. The van der Waals surface area contributed by atoms with Crippen molar-refractivity contribution in [2.75, 3.05) is 0 Å². The van der Waals surface area contributed by atoms with E-state index in [2.05, 4.69) is 0 Å². The number of halogens is 2. The van der Waals surface area contributed by atoms with Crippen molar-refractivity contribution < 1.29 is 28.2 Å². The molecule has 7 heteroatoms. The summed E-state index contributed by atoms with van der Waals surface area (Å²) in [7, 11) is 0. The molecule has 0 saturated carbocycles. The Hall–Kier alpha value is -2.96. The van der Waals surface area contributed by atoms with Gasteiger partial charge >= 0.3 is 18.0 Å². The summed E-state index contributed by atoms with van der Waals surface area (Å²) in [6.45, 7) is -0.157. The zero-order chi connectivity index (χ0) is 17.6. The van der Waals surface area contributed by atoms with Crippen molar-refractivity contribution in [1.82, 2.24) is 5.32 Å². The Morgan fingerprint density at radius 1 is 1.04 bits per heavy atom. The minimum absolute atomic E-state index is 0.157. The Morgan fingerprint density at radius 2 is 1.58 bits per heavy atom. The molecule has 0 unspecified atom stereocenters. The molecule has 0 heterocycles. The fourth-order valence-corrected chi connectivity index (χ4v) is 2.02. The maximum Gasteiger partial charge on any atom is 0.408 e. The number of alkyl halides is 2. The molecular formula is C17H15F2NO4. The van der Waals surface area contributed by atoms with Crippen molar-refractivity contribution in [3.05, 3.63) is 71.8 Å². The molecule has 0 spiro atoms. The van der Waals surface area contributed by atoms with Gasteiger partial charge in [0.05, 0.1) is 0 Å². The number of carbonyl (C=O) groups is 2. The monoisotopic (exact) mass is 335 g/mol. The highest BCUT2D eigenvalue weighted by Gasteiger charge is 2.47. The highest BCUT2D eigenvalue weighted by atomic mass is 19.3. The quantitative estimate of drug-likeness (QED) is 0.850. The van der Waals surface area contributed by atoms with Crippen molar-refractivity contribution >= 4 is 12.1 Å². The third kappa shape index (κ3) is 4.28. The number of nitrogens with one attached hydrogen (secondary N) is 1. The topological polar surface area (TPSA) is 75.6 Å². The number of carbonyl (C=O) groups excluding carboxylic acids is 1. The first kappa shape index (κ1) is 17.4. The molecular weight excluding hydrogens is 320 g/mol. The molecule has 0 bridgehead atoms. The SMILES string of the molecule is O=C(N[C@@H](C(=O)O)C(F)(F)c1ccccc1)OCc1ccccc1. The molecule has 5 nitrogen and oxygen atoms in total. The summed E-state index contributed by atoms with van der Waals surface area (Å²) in [4.78, 5) is 22.9. The molecule has 0 aliphatic rings. The van der Waals surface area contributed by atoms with Crippen LogP contribution in [0, 0.1) is 0 Å². The fraction of sp³-hybridized carbons (Fsp3) is 0.176. The molecule has 0 aliphatic carbocycles. The summed E-state index contributed by atoms with van der Waals surface area (Å²) < 4.78 is 33.5. The van der Waals surface area contributed by atoms with E-state index in [0.717, 1.165) is 12.1 Å². The number of carboxylic acid groups (broad SMARTS) is 1. The summed E-state index contributed by atoms with van der Waals surface area (Å²) >= 11 is 0. The Kier molecular flexibility index (Phi) is 5.47. The lowest BCUT2D eigenvalue weighted by Gasteiger charge is -2.24. The van der Waals surface area contributed by atoms with Crippen LogP contribution in [0.25, 0.3) is 0 Å². The van der Waals surface area contributed by atoms with Gasteiger partial charge in [0.1, 0.15) is 6.61 Å². The van der Waals surface area contributed by atoms with Crippen LogP contribution in [0.4, 0.5) is 13.6 Å². The Labute approximate surface area is 136 Å². The number of ether oxygens (including phenoxy) is 1. The predicted octanol–water partition coefficient (Wildman–Crippen LogP) is 3.16. The molecule has 2 aromatic carbocycles. The minimum atomic E-state index is -3.79. The van der Waals surface area contributed by atoms with E-state index in [0.29, 0.717) is 5.56 Å². The van der Waals surface area contributed by atoms with Gasteiger partial charge in [-0.25, -0.2) is 9.59 Å². The predicted molar refractivity (Wildman–Crippen MR) is 81.5 cm³/mol. The first-order valence-corrected chi connectivity index (χ1v) is 7.04. The van der Waals surface area contributed by atoms with Crippen LogP contribution >= 0.6 is 0 Å². The fourth-order valence-electron chi connectivity index (χ4n) is 2.02. The normalized spacial score (nSPS) is 12.2. The van der Waals surface area contributed by atoms with Crippen molar-refractivity contribution in [2.45, 2.75) is 18.6 Å². The van der Waals surface area contributed by atoms with Gasteiger partial charge in [-0.1, -0.05) is 60.7 Å². The molecule has 0 fully saturated rings. The smallest absolute Gasteiger partial charge is 0.408 e. The molecule has 2 aromatic rings. The van der Waals surface area contributed by atoms with Gasteiger partial charge in [-0.05, 0) is 5.56 Å². The number of amides is 1. The lowest BCUT2D eigenvalue weighted by atomic mass is 10.0. The number of carboxylic acids is 1. The van der Waals surface area contributed by atoms with Gasteiger partial charge in [0, 0.05) is 5.56 Å². The van der Waals surface area contributed by atoms with Crippen molar-refractivity contribution in [3.8, 4) is 0 Å². The van der Waals surface area contributed by atoms with Gasteiger partial charge in [-0.15, -0.1) is 0 Å². The van der Waals surface area contributed by atoms with Gasteiger partial charge in [0.25, 0.3) is 0 Å². The largest absolute Gasteiger partial charge is 0.480 e. The van der Waals surface area contributed by atoms with Crippen LogP contribution in [0.3, 0.4) is 0 Å². The van der Waals surface area contributed by atoms with Gasteiger partial charge in [0.2, 0.25) is 0 Å². The summed E-state index contributed by atoms with van der Waals surface area (Å²) in [5, 5.41) is 10.8. The molecule has 0 aliphatic heterocycles. The van der Waals surface area contributed by atoms with Crippen molar-refractivity contribution in [3.63, 3.8) is 0 Å².